The number of rotatable bonds is 6. The summed E-state index contributed by atoms with van der Waals surface area (Å²) in [6, 6.07) is 7.48. The lowest BCUT2D eigenvalue weighted by Crippen LogP contribution is -2.15. The first-order valence-corrected chi connectivity index (χ1v) is 6.93. The second-order valence-electron chi connectivity index (χ2n) is 3.44. The molecule has 0 spiro atoms. The van der Waals surface area contributed by atoms with Crippen molar-refractivity contribution in [3.63, 3.8) is 0 Å². The minimum atomic E-state index is 0.608. The van der Waals surface area contributed by atoms with Crippen molar-refractivity contribution in [2.45, 2.75) is 13.0 Å². The first kappa shape index (κ1) is 13.4. The van der Waals surface area contributed by atoms with E-state index in [-0.39, 0.29) is 0 Å². The summed E-state index contributed by atoms with van der Waals surface area (Å²) in [5.74, 6) is 1.17. The third-order valence-corrected chi connectivity index (χ3v) is 3.25. The molecule has 1 rings (SSSR count). The Morgan fingerprint density at radius 2 is 2.31 bits per heavy atom. The summed E-state index contributed by atoms with van der Waals surface area (Å²) >= 11 is 7.91. The van der Waals surface area contributed by atoms with Crippen molar-refractivity contribution in [3.8, 4) is 6.07 Å². The van der Waals surface area contributed by atoms with E-state index < -0.39 is 0 Å². The zero-order chi connectivity index (χ0) is 11.8. The first-order valence-electron chi connectivity index (χ1n) is 5.16. The van der Waals surface area contributed by atoms with Crippen molar-refractivity contribution in [1.82, 2.24) is 5.32 Å². The van der Waals surface area contributed by atoms with Gasteiger partial charge in [0.15, 0.2) is 0 Å². The maximum absolute atomic E-state index is 8.70. The second-order valence-corrected chi connectivity index (χ2v) is 4.83. The van der Waals surface area contributed by atoms with E-state index in [1.807, 2.05) is 17.8 Å². The average molecular weight is 255 g/mol. The van der Waals surface area contributed by atoms with E-state index in [1.54, 1.807) is 12.1 Å². The van der Waals surface area contributed by atoms with Gasteiger partial charge < -0.3 is 5.32 Å². The van der Waals surface area contributed by atoms with Gasteiger partial charge in [-0.1, -0.05) is 17.7 Å². The van der Waals surface area contributed by atoms with Gasteiger partial charge in [0.2, 0.25) is 0 Å². The van der Waals surface area contributed by atoms with E-state index >= 15 is 0 Å². The summed E-state index contributed by atoms with van der Waals surface area (Å²) < 4.78 is 0. The molecule has 0 aliphatic carbocycles. The summed E-state index contributed by atoms with van der Waals surface area (Å²) in [5, 5.41) is 12.7. The summed E-state index contributed by atoms with van der Waals surface area (Å²) in [6.07, 6.45) is 3.27. The van der Waals surface area contributed by atoms with Crippen LogP contribution in [0.1, 0.15) is 17.5 Å². The van der Waals surface area contributed by atoms with Crippen LogP contribution in [0.25, 0.3) is 0 Å². The third-order valence-electron chi connectivity index (χ3n) is 2.20. The lowest BCUT2D eigenvalue weighted by atomic mass is 10.1. The number of nitrogens with zero attached hydrogens (tertiary/aromatic N) is 1. The van der Waals surface area contributed by atoms with E-state index in [9.17, 15) is 0 Å². The number of thioether (sulfide) groups is 1. The van der Waals surface area contributed by atoms with Crippen molar-refractivity contribution < 1.29 is 0 Å². The Morgan fingerprint density at radius 3 is 2.94 bits per heavy atom. The van der Waals surface area contributed by atoms with Gasteiger partial charge >= 0.3 is 0 Å². The highest BCUT2D eigenvalue weighted by Crippen LogP contribution is 2.17. The standard InChI is InChI=1S/C12H15ClN2S/c1-16-6-2-5-15-9-11-4-3-10(8-14)7-12(11)13/h3-4,7,15H,2,5-6,9H2,1H3. The number of hydrogen-bond acceptors (Lipinski definition) is 3. The largest absolute Gasteiger partial charge is 0.313 e. The Morgan fingerprint density at radius 1 is 1.50 bits per heavy atom. The van der Waals surface area contributed by atoms with Gasteiger partial charge in [0.1, 0.15) is 0 Å². The molecule has 0 heterocycles. The fourth-order valence-corrected chi connectivity index (χ4v) is 2.01. The zero-order valence-corrected chi connectivity index (χ0v) is 10.9. The summed E-state index contributed by atoms with van der Waals surface area (Å²) in [4.78, 5) is 0. The van der Waals surface area contributed by atoms with E-state index in [0.717, 1.165) is 25.1 Å². The number of hydrogen-bond donors (Lipinski definition) is 1. The van der Waals surface area contributed by atoms with Crippen molar-refractivity contribution >= 4 is 23.4 Å². The van der Waals surface area contributed by atoms with E-state index in [1.165, 1.54) is 5.75 Å². The van der Waals surface area contributed by atoms with E-state index in [2.05, 4.69) is 17.6 Å². The van der Waals surface area contributed by atoms with Gasteiger partial charge in [0.05, 0.1) is 11.6 Å². The monoisotopic (exact) mass is 254 g/mol. The van der Waals surface area contributed by atoms with Crippen LogP contribution in [-0.4, -0.2) is 18.6 Å². The van der Waals surface area contributed by atoms with Crippen LogP contribution in [0.15, 0.2) is 18.2 Å². The Labute approximate surface area is 106 Å². The summed E-state index contributed by atoms with van der Waals surface area (Å²) in [7, 11) is 0. The highest BCUT2D eigenvalue weighted by atomic mass is 35.5. The number of nitrogens with one attached hydrogen (secondary N) is 1. The molecule has 4 heteroatoms. The summed E-state index contributed by atoms with van der Waals surface area (Å²) in [6.45, 7) is 1.76. The maximum atomic E-state index is 8.70. The van der Waals surface area contributed by atoms with Gasteiger partial charge in [-0.2, -0.15) is 17.0 Å². The molecule has 0 fully saturated rings. The van der Waals surface area contributed by atoms with E-state index in [0.29, 0.717) is 10.6 Å². The van der Waals surface area contributed by atoms with Crippen molar-refractivity contribution in [1.29, 1.82) is 5.26 Å². The normalized spacial score (nSPS) is 10.1. The molecule has 86 valence electrons. The molecule has 0 saturated carbocycles. The smallest absolute Gasteiger partial charge is 0.0992 e. The van der Waals surface area contributed by atoms with Crippen LogP contribution >= 0.6 is 23.4 Å². The van der Waals surface area contributed by atoms with Crippen molar-refractivity contribution in [2.75, 3.05) is 18.6 Å². The molecule has 1 N–H and O–H groups in total. The van der Waals surface area contributed by atoms with Crippen molar-refractivity contribution in [2.24, 2.45) is 0 Å². The van der Waals surface area contributed by atoms with Gasteiger partial charge in [-0.05, 0) is 42.7 Å². The fraction of sp³-hybridized carbons (Fsp3) is 0.417. The Balaban J connectivity index is 2.40. The highest BCUT2D eigenvalue weighted by Gasteiger charge is 2.01. The Kier molecular flexibility index (Phi) is 6.32. The first-order chi connectivity index (χ1) is 7.77. The zero-order valence-electron chi connectivity index (χ0n) is 9.29. The lowest BCUT2D eigenvalue weighted by molar-refractivity contribution is 0.679. The highest BCUT2D eigenvalue weighted by molar-refractivity contribution is 7.98. The molecule has 0 unspecified atom stereocenters. The van der Waals surface area contributed by atoms with E-state index in [4.69, 9.17) is 16.9 Å². The molecule has 16 heavy (non-hydrogen) atoms. The van der Waals surface area contributed by atoms with Gasteiger partial charge in [0, 0.05) is 11.6 Å². The molecule has 0 aromatic heterocycles. The Hall–Kier alpha value is -0.690. The molecule has 0 radical (unpaired) electrons. The Bertz CT molecular complexity index is 374. The molecule has 2 nitrogen and oxygen atoms in total. The van der Waals surface area contributed by atoms with Crippen LogP contribution in [0.5, 0.6) is 0 Å². The molecule has 0 saturated heterocycles. The fourth-order valence-electron chi connectivity index (χ4n) is 1.32. The number of benzene rings is 1. The minimum absolute atomic E-state index is 0.608. The number of halogens is 1. The quantitative estimate of drug-likeness (QED) is 0.793. The van der Waals surface area contributed by atoms with Crippen LogP contribution in [0.4, 0.5) is 0 Å². The lowest BCUT2D eigenvalue weighted by Gasteiger charge is -2.06. The van der Waals surface area contributed by atoms with Crippen LogP contribution in [-0.2, 0) is 6.54 Å². The minimum Gasteiger partial charge on any atom is -0.313 e. The second kappa shape index (κ2) is 7.56. The SMILES string of the molecule is CSCCCNCc1ccc(C#N)cc1Cl. The van der Waals surface area contributed by atoms with Crippen LogP contribution in [0.3, 0.4) is 0 Å². The molecule has 0 aliphatic rings. The predicted molar refractivity (Wildman–Crippen MR) is 70.9 cm³/mol. The molecule has 0 atom stereocenters. The molecule has 0 aliphatic heterocycles. The molecular formula is C12H15ClN2S. The topological polar surface area (TPSA) is 35.8 Å². The van der Waals surface area contributed by atoms with Crippen LogP contribution < -0.4 is 5.32 Å². The predicted octanol–water partition coefficient (Wildman–Crippen LogP) is 3.05. The van der Waals surface area contributed by atoms with Gasteiger partial charge in [-0.25, -0.2) is 0 Å². The van der Waals surface area contributed by atoms with Crippen LogP contribution in [0, 0.1) is 11.3 Å². The number of nitriles is 1. The molecule has 0 bridgehead atoms. The average Bonchev–Trinajstić information content (AvgIpc) is 2.30. The van der Waals surface area contributed by atoms with Crippen LogP contribution in [0.2, 0.25) is 5.02 Å². The molecular weight excluding hydrogens is 240 g/mol. The molecule has 1 aromatic carbocycles. The van der Waals surface area contributed by atoms with Crippen molar-refractivity contribution in [3.05, 3.63) is 34.3 Å². The molecule has 0 amide bonds. The summed E-state index contributed by atoms with van der Waals surface area (Å²) in [5.41, 5.74) is 1.65. The van der Waals surface area contributed by atoms with Gasteiger partial charge in [0.25, 0.3) is 0 Å². The maximum Gasteiger partial charge on any atom is 0.0992 e. The van der Waals surface area contributed by atoms with Gasteiger partial charge in [-0.3, -0.25) is 0 Å². The third kappa shape index (κ3) is 4.44. The van der Waals surface area contributed by atoms with Gasteiger partial charge in [-0.15, -0.1) is 0 Å². The molecule has 1 aromatic rings.